The summed E-state index contributed by atoms with van der Waals surface area (Å²) < 4.78 is 5.51. The van der Waals surface area contributed by atoms with E-state index in [0.29, 0.717) is 13.1 Å². The summed E-state index contributed by atoms with van der Waals surface area (Å²) in [7, 11) is 0. The highest BCUT2D eigenvalue weighted by atomic mass is 16.6. The standard InChI is InChI=1S/C19H24N2O2/c1-13-11-16(15-8-5-9-17(15)20-13)14-7-6-10-21(12-14)18(22)23-19(2,3)4/h5,7,9,11H,6,8,10,12H2,1-4H3. The van der Waals surface area contributed by atoms with Crippen LogP contribution in [0.15, 0.2) is 18.2 Å². The largest absolute Gasteiger partial charge is 0.444 e. The molecule has 0 bridgehead atoms. The van der Waals surface area contributed by atoms with Crippen LogP contribution in [0.2, 0.25) is 0 Å². The third-order valence-corrected chi connectivity index (χ3v) is 4.03. The quantitative estimate of drug-likeness (QED) is 0.787. The molecule has 1 aromatic rings. The summed E-state index contributed by atoms with van der Waals surface area (Å²) in [6.07, 6.45) is 8.02. The molecule has 0 unspecified atom stereocenters. The van der Waals surface area contributed by atoms with Crippen molar-refractivity contribution in [3.05, 3.63) is 40.7 Å². The Morgan fingerprint density at radius 2 is 2.13 bits per heavy atom. The highest BCUT2D eigenvalue weighted by Gasteiger charge is 2.26. The normalized spacial score (nSPS) is 17.0. The lowest BCUT2D eigenvalue weighted by molar-refractivity contribution is 0.0273. The predicted molar refractivity (Wildman–Crippen MR) is 92.1 cm³/mol. The van der Waals surface area contributed by atoms with Gasteiger partial charge in [0.15, 0.2) is 0 Å². The molecule has 1 amide bonds. The zero-order valence-corrected chi connectivity index (χ0v) is 14.3. The van der Waals surface area contributed by atoms with Crippen molar-refractivity contribution in [2.75, 3.05) is 13.1 Å². The van der Waals surface area contributed by atoms with Crippen LogP contribution >= 0.6 is 0 Å². The van der Waals surface area contributed by atoms with Gasteiger partial charge in [0.05, 0.1) is 5.69 Å². The van der Waals surface area contributed by atoms with Gasteiger partial charge in [0.2, 0.25) is 0 Å². The molecule has 0 fully saturated rings. The molecule has 122 valence electrons. The molecule has 0 aromatic carbocycles. The van der Waals surface area contributed by atoms with Gasteiger partial charge in [-0.3, -0.25) is 4.98 Å². The second-order valence-corrected chi connectivity index (χ2v) is 7.20. The average Bonchev–Trinajstić information content (AvgIpc) is 2.92. The van der Waals surface area contributed by atoms with Crippen molar-refractivity contribution in [2.24, 2.45) is 0 Å². The molecular weight excluding hydrogens is 288 g/mol. The molecule has 3 rings (SSSR count). The van der Waals surface area contributed by atoms with Crippen LogP contribution in [-0.4, -0.2) is 34.7 Å². The van der Waals surface area contributed by atoms with Crippen LogP contribution in [0.3, 0.4) is 0 Å². The first-order chi connectivity index (χ1) is 10.8. The Kier molecular flexibility index (Phi) is 4.00. The maximum Gasteiger partial charge on any atom is 0.410 e. The SMILES string of the molecule is Cc1cc(C2=CCCN(C(=O)OC(C)(C)C)C2)c2c(n1)C=CC2. The van der Waals surface area contributed by atoms with Crippen LogP contribution in [0.1, 0.15) is 49.7 Å². The third-order valence-electron chi connectivity index (χ3n) is 4.03. The fourth-order valence-electron chi connectivity index (χ4n) is 3.07. The smallest absolute Gasteiger partial charge is 0.410 e. The fourth-order valence-corrected chi connectivity index (χ4v) is 3.07. The molecule has 23 heavy (non-hydrogen) atoms. The van der Waals surface area contributed by atoms with Gasteiger partial charge < -0.3 is 9.64 Å². The maximum absolute atomic E-state index is 12.3. The first-order valence-corrected chi connectivity index (χ1v) is 8.18. The number of allylic oxidation sites excluding steroid dienone is 1. The van der Waals surface area contributed by atoms with Gasteiger partial charge in [-0.05, 0) is 69.4 Å². The Labute approximate surface area is 137 Å². The molecule has 4 nitrogen and oxygen atoms in total. The van der Waals surface area contributed by atoms with Crippen LogP contribution < -0.4 is 0 Å². The number of carbonyl (C=O) groups is 1. The molecule has 0 saturated heterocycles. The molecule has 0 radical (unpaired) electrons. The minimum Gasteiger partial charge on any atom is -0.444 e. The summed E-state index contributed by atoms with van der Waals surface area (Å²) in [5, 5.41) is 0. The molecule has 2 aliphatic rings. The second kappa shape index (κ2) is 5.84. The molecular formula is C19H24N2O2. The first kappa shape index (κ1) is 15.8. The van der Waals surface area contributed by atoms with E-state index in [1.165, 1.54) is 16.7 Å². The average molecular weight is 312 g/mol. The number of rotatable bonds is 1. The van der Waals surface area contributed by atoms with Gasteiger partial charge in [-0.15, -0.1) is 0 Å². The summed E-state index contributed by atoms with van der Waals surface area (Å²) in [5.74, 6) is 0. The summed E-state index contributed by atoms with van der Waals surface area (Å²) >= 11 is 0. The first-order valence-electron chi connectivity index (χ1n) is 8.18. The number of hydrogen-bond acceptors (Lipinski definition) is 3. The van der Waals surface area contributed by atoms with E-state index in [-0.39, 0.29) is 6.09 Å². The van der Waals surface area contributed by atoms with Crippen LogP contribution in [-0.2, 0) is 11.2 Å². The van der Waals surface area contributed by atoms with E-state index in [1.54, 1.807) is 4.90 Å². The maximum atomic E-state index is 12.3. The summed E-state index contributed by atoms with van der Waals surface area (Å²) in [4.78, 5) is 18.7. The van der Waals surface area contributed by atoms with E-state index < -0.39 is 5.60 Å². The van der Waals surface area contributed by atoms with Gasteiger partial charge >= 0.3 is 6.09 Å². The Bertz CT molecular complexity index is 696. The summed E-state index contributed by atoms with van der Waals surface area (Å²) in [6, 6.07) is 2.14. The number of aromatic nitrogens is 1. The molecule has 0 spiro atoms. The number of ether oxygens (including phenoxy) is 1. The Morgan fingerprint density at radius 1 is 1.35 bits per heavy atom. The minimum atomic E-state index is -0.461. The number of aryl methyl sites for hydroxylation is 1. The molecule has 0 atom stereocenters. The highest BCUT2D eigenvalue weighted by Crippen LogP contribution is 2.30. The van der Waals surface area contributed by atoms with Crippen LogP contribution in [0, 0.1) is 6.92 Å². The van der Waals surface area contributed by atoms with Crippen molar-refractivity contribution in [3.8, 4) is 0 Å². The molecule has 2 heterocycles. The number of amides is 1. The topological polar surface area (TPSA) is 42.4 Å². The monoisotopic (exact) mass is 312 g/mol. The van der Waals surface area contributed by atoms with Gasteiger partial charge in [0.1, 0.15) is 5.60 Å². The van der Waals surface area contributed by atoms with Crippen LogP contribution in [0.5, 0.6) is 0 Å². The van der Waals surface area contributed by atoms with Gasteiger partial charge in [-0.1, -0.05) is 12.2 Å². The fraction of sp³-hybridized carbons (Fsp3) is 0.474. The van der Waals surface area contributed by atoms with Crippen molar-refractivity contribution in [3.63, 3.8) is 0 Å². The summed E-state index contributed by atoms with van der Waals surface area (Å²) in [5.41, 5.74) is 5.32. The molecule has 1 aliphatic carbocycles. The Balaban J connectivity index is 1.83. The number of nitrogens with zero attached hydrogens (tertiary/aromatic N) is 2. The second-order valence-electron chi connectivity index (χ2n) is 7.20. The number of carbonyl (C=O) groups excluding carboxylic acids is 1. The van der Waals surface area contributed by atoms with Crippen molar-refractivity contribution in [1.82, 2.24) is 9.88 Å². The molecule has 1 aliphatic heterocycles. The number of pyridine rings is 1. The van der Waals surface area contributed by atoms with Crippen molar-refractivity contribution in [1.29, 1.82) is 0 Å². The van der Waals surface area contributed by atoms with Crippen molar-refractivity contribution < 1.29 is 9.53 Å². The van der Waals surface area contributed by atoms with E-state index in [1.807, 2.05) is 27.7 Å². The highest BCUT2D eigenvalue weighted by molar-refractivity contribution is 5.79. The van der Waals surface area contributed by atoms with Crippen molar-refractivity contribution >= 4 is 17.7 Å². The lowest BCUT2D eigenvalue weighted by Crippen LogP contribution is -2.39. The predicted octanol–water partition coefficient (Wildman–Crippen LogP) is 3.98. The molecule has 0 N–H and O–H groups in total. The lowest BCUT2D eigenvalue weighted by atomic mass is 9.95. The Hall–Kier alpha value is -2.10. The Morgan fingerprint density at radius 3 is 2.87 bits per heavy atom. The van der Waals surface area contributed by atoms with E-state index in [2.05, 4.69) is 29.3 Å². The van der Waals surface area contributed by atoms with Crippen molar-refractivity contribution in [2.45, 2.75) is 46.1 Å². The lowest BCUT2D eigenvalue weighted by Gasteiger charge is -2.31. The minimum absolute atomic E-state index is 0.233. The molecule has 1 aromatic heterocycles. The third kappa shape index (κ3) is 3.46. The molecule has 4 heteroatoms. The van der Waals surface area contributed by atoms with Gasteiger partial charge in [0, 0.05) is 18.8 Å². The van der Waals surface area contributed by atoms with Crippen LogP contribution in [0.25, 0.3) is 11.6 Å². The molecule has 0 saturated carbocycles. The van der Waals surface area contributed by atoms with Gasteiger partial charge in [-0.2, -0.15) is 0 Å². The van der Waals surface area contributed by atoms with E-state index in [0.717, 1.165) is 24.2 Å². The van der Waals surface area contributed by atoms with E-state index >= 15 is 0 Å². The van der Waals surface area contributed by atoms with E-state index in [9.17, 15) is 4.79 Å². The zero-order valence-electron chi connectivity index (χ0n) is 14.3. The zero-order chi connectivity index (χ0) is 16.6. The summed E-state index contributed by atoms with van der Waals surface area (Å²) in [6.45, 7) is 9.03. The number of fused-ring (bicyclic) bond motifs is 1. The number of hydrogen-bond donors (Lipinski definition) is 0. The van der Waals surface area contributed by atoms with Gasteiger partial charge in [0.25, 0.3) is 0 Å². The van der Waals surface area contributed by atoms with E-state index in [4.69, 9.17) is 4.74 Å². The van der Waals surface area contributed by atoms with Gasteiger partial charge in [-0.25, -0.2) is 4.79 Å². The van der Waals surface area contributed by atoms with Crippen LogP contribution in [0.4, 0.5) is 4.79 Å².